The van der Waals surface area contributed by atoms with Gasteiger partial charge in [-0.3, -0.25) is 9.52 Å². The highest BCUT2D eigenvalue weighted by Gasteiger charge is 2.16. The molecule has 0 bridgehead atoms. The van der Waals surface area contributed by atoms with Gasteiger partial charge >= 0.3 is 0 Å². The van der Waals surface area contributed by atoms with Crippen molar-refractivity contribution in [1.29, 1.82) is 0 Å². The third-order valence-electron chi connectivity index (χ3n) is 2.74. The molecule has 0 aliphatic heterocycles. The zero-order valence-corrected chi connectivity index (χ0v) is 12.0. The highest BCUT2D eigenvalue weighted by Crippen LogP contribution is 2.20. The topological polar surface area (TPSA) is 89.3 Å². The lowest BCUT2D eigenvalue weighted by atomic mass is 9.97. The molecule has 1 atom stereocenters. The molecule has 5 nitrogen and oxygen atoms in total. The first kappa shape index (κ1) is 15.5. The zero-order chi connectivity index (χ0) is 14.5. The number of hydrogen-bond donors (Lipinski definition) is 2. The third-order valence-corrected chi connectivity index (χ3v) is 4.22. The molecule has 1 amide bonds. The summed E-state index contributed by atoms with van der Waals surface area (Å²) in [6.45, 7) is 3.62. The molecule has 1 aromatic rings. The Morgan fingerprint density at radius 1 is 1.32 bits per heavy atom. The summed E-state index contributed by atoms with van der Waals surface area (Å²) in [6, 6.07) is 7.21. The van der Waals surface area contributed by atoms with Crippen molar-refractivity contribution >= 4 is 21.6 Å². The minimum atomic E-state index is -3.48. The van der Waals surface area contributed by atoms with Gasteiger partial charge in [-0.1, -0.05) is 26.0 Å². The Kier molecular flexibility index (Phi) is 5.35. The molecule has 0 saturated carbocycles. The largest absolute Gasteiger partial charge is 0.399 e. The molecular weight excluding hydrogens is 264 g/mol. The van der Waals surface area contributed by atoms with Gasteiger partial charge in [0.1, 0.15) is 0 Å². The van der Waals surface area contributed by atoms with E-state index in [0.29, 0.717) is 12.1 Å². The Hall–Kier alpha value is -1.56. The van der Waals surface area contributed by atoms with Crippen molar-refractivity contribution in [2.24, 2.45) is 0 Å². The third kappa shape index (κ3) is 5.30. The average Bonchev–Trinajstić information content (AvgIpc) is 2.28. The molecule has 3 N–H and O–H groups in total. The van der Waals surface area contributed by atoms with Gasteiger partial charge in [-0.05, 0) is 30.0 Å². The fraction of sp³-hybridized carbons (Fsp3) is 0.462. The lowest BCUT2D eigenvalue weighted by Gasteiger charge is -2.12. The smallest absolute Gasteiger partial charge is 0.234 e. The maximum absolute atomic E-state index is 11.7. The van der Waals surface area contributed by atoms with Crippen LogP contribution in [0.3, 0.4) is 0 Å². The van der Waals surface area contributed by atoms with Gasteiger partial charge < -0.3 is 5.73 Å². The van der Waals surface area contributed by atoms with Gasteiger partial charge in [0.05, 0.1) is 5.75 Å². The number of nitrogen functional groups attached to an aromatic ring is 1. The Bertz CT molecular complexity index is 523. The SMILES string of the molecule is CCCS(=O)(=O)NC(=O)CC(C)c1ccc(N)cc1. The van der Waals surface area contributed by atoms with Crippen molar-refractivity contribution in [2.75, 3.05) is 11.5 Å². The molecule has 0 fully saturated rings. The predicted octanol–water partition coefficient (Wildman–Crippen LogP) is 1.62. The summed E-state index contributed by atoms with van der Waals surface area (Å²) < 4.78 is 25.0. The molecule has 106 valence electrons. The van der Waals surface area contributed by atoms with Crippen LogP contribution in [0.15, 0.2) is 24.3 Å². The molecule has 0 spiro atoms. The van der Waals surface area contributed by atoms with E-state index >= 15 is 0 Å². The van der Waals surface area contributed by atoms with Crippen LogP contribution < -0.4 is 10.5 Å². The second-order valence-corrected chi connectivity index (χ2v) is 6.46. The summed E-state index contributed by atoms with van der Waals surface area (Å²) in [5.41, 5.74) is 7.20. The van der Waals surface area contributed by atoms with Crippen LogP contribution in [0.1, 0.15) is 38.2 Å². The van der Waals surface area contributed by atoms with Gasteiger partial charge in [0, 0.05) is 12.1 Å². The first-order chi connectivity index (χ1) is 8.84. The molecule has 1 unspecified atom stereocenters. The quantitative estimate of drug-likeness (QED) is 0.777. The molecule has 0 aliphatic carbocycles. The maximum Gasteiger partial charge on any atom is 0.234 e. The number of hydrogen-bond acceptors (Lipinski definition) is 4. The van der Waals surface area contributed by atoms with Crippen molar-refractivity contribution in [3.63, 3.8) is 0 Å². The van der Waals surface area contributed by atoms with E-state index in [9.17, 15) is 13.2 Å². The number of amides is 1. The summed E-state index contributed by atoms with van der Waals surface area (Å²) in [5.74, 6) is -0.565. The van der Waals surface area contributed by atoms with Gasteiger partial charge in [-0.25, -0.2) is 8.42 Å². The van der Waals surface area contributed by atoms with E-state index in [1.54, 1.807) is 19.1 Å². The first-order valence-electron chi connectivity index (χ1n) is 6.23. The van der Waals surface area contributed by atoms with E-state index in [1.165, 1.54) is 0 Å². The van der Waals surface area contributed by atoms with Crippen molar-refractivity contribution < 1.29 is 13.2 Å². The predicted molar refractivity (Wildman–Crippen MR) is 76.1 cm³/mol. The summed E-state index contributed by atoms with van der Waals surface area (Å²) in [4.78, 5) is 11.7. The number of sulfonamides is 1. The first-order valence-corrected chi connectivity index (χ1v) is 7.88. The molecule has 1 aromatic carbocycles. The molecule has 6 heteroatoms. The highest BCUT2D eigenvalue weighted by atomic mass is 32.2. The van der Waals surface area contributed by atoms with Gasteiger partial charge in [-0.15, -0.1) is 0 Å². The van der Waals surface area contributed by atoms with Crippen LogP contribution in [0.2, 0.25) is 0 Å². The van der Waals surface area contributed by atoms with E-state index in [4.69, 9.17) is 5.73 Å². The van der Waals surface area contributed by atoms with Gasteiger partial charge in [0.25, 0.3) is 0 Å². The van der Waals surface area contributed by atoms with E-state index < -0.39 is 15.9 Å². The molecule has 0 heterocycles. The van der Waals surface area contributed by atoms with Crippen LogP contribution in [0.5, 0.6) is 0 Å². The Morgan fingerprint density at radius 3 is 2.42 bits per heavy atom. The standard InChI is InChI=1S/C13H20N2O3S/c1-3-8-19(17,18)15-13(16)9-10(2)11-4-6-12(14)7-5-11/h4-7,10H,3,8-9,14H2,1-2H3,(H,15,16). The highest BCUT2D eigenvalue weighted by molar-refractivity contribution is 7.90. The van der Waals surface area contributed by atoms with Crippen LogP contribution in [-0.2, 0) is 14.8 Å². The number of anilines is 1. The van der Waals surface area contributed by atoms with Crippen LogP contribution in [0, 0.1) is 0 Å². The molecular formula is C13H20N2O3S. The Labute approximate surface area is 114 Å². The minimum absolute atomic E-state index is 0.0327. The average molecular weight is 284 g/mol. The minimum Gasteiger partial charge on any atom is -0.399 e. The molecule has 1 rings (SSSR count). The van der Waals surface area contributed by atoms with E-state index in [0.717, 1.165) is 5.56 Å². The summed E-state index contributed by atoms with van der Waals surface area (Å²) >= 11 is 0. The number of nitrogens with one attached hydrogen (secondary N) is 1. The van der Waals surface area contributed by atoms with Crippen LogP contribution in [0.25, 0.3) is 0 Å². The Morgan fingerprint density at radius 2 is 1.89 bits per heavy atom. The van der Waals surface area contributed by atoms with Crippen LogP contribution in [0.4, 0.5) is 5.69 Å². The van der Waals surface area contributed by atoms with Crippen LogP contribution >= 0.6 is 0 Å². The van der Waals surface area contributed by atoms with Gasteiger partial charge in [-0.2, -0.15) is 0 Å². The monoisotopic (exact) mass is 284 g/mol. The normalized spacial score (nSPS) is 12.9. The van der Waals surface area contributed by atoms with Crippen molar-refractivity contribution in [2.45, 2.75) is 32.6 Å². The molecule has 0 aromatic heterocycles. The maximum atomic E-state index is 11.7. The number of nitrogens with two attached hydrogens (primary N) is 1. The molecule has 19 heavy (non-hydrogen) atoms. The fourth-order valence-corrected chi connectivity index (χ4v) is 2.83. The van der Waals surface area contributed by atoms with E-state index in [2.05, 4.69) is 4.72 Å². The zero-order valence-electron chi connectivity index (χ0n) is 11.2. The van der Waals surface area contributed by atoms with Crippen molar-refractivity contribution in [1.82, 2.24) is 4.72 Å². The second-order valence-electron chi connectivity index (χ2n) is 4.62. The van der Waals surface area contributed by atoms with Crippen LogP contribution in [-0.4, -0.2) is 20.1 Å². The lowest BCUT2D eigenvalue weighted by molar-refractivity contribution is -0.119. The number of rotatable bonds is 6. The molecule has 0 saturated heterocycles. The molecule has 0 radical (unpaired) electrons. The van der Waals surface area contributed by atoms with E-state index in [-0.39, 0.29) is 18.1 Å². The lowest BCUT2D eigenvalue weighted by Crippen LogP contribution is -2.32. The van der Waals surface area contributed by atoms with Gasteiger partial charge in [0.2, 0.25) is 15.9 Å². The molecule has 0 aliphatic rings. The van der Waals surface area contributed by atoms with E-state index in [1.807, 2.05) is 19.1 Å². The van der Waals surface area contributed by atoms with Gasteiger partial charge in [0.15, 0.2) is 0 Å². The summed E-state index contributed by atoms with van der Waals surface area (Å²) in [7, 11) is -3.48. The second kappa shape index (κ2) is 6.56. The number of carbonyl (C=O) groups is 1. The Balaban J connectivity index is 2.60. The number of benzene rings is 1. The fourth-order valence-electron chi connectivity index (χ4n) is 1.76. The summed E-state index contributed by atoms with van der Waals surface area (Å²) in [5, 5.41) is 0. The van der Waals surface area contributed by atoms with Crippen molar-refractivity contribution in [3.05, 3.63) is 29.8 Å². The summed E-state index contributed by atoms with van der Waals surface area (Å²) in [6.07, 6.45) is 0.614. The number of carbonyl (C=O) groups excluding carboxylic acids is 1. The van der Waals surface area contributed by atoms with Crippen molar-refractivity contribution in [3.8, 4) is 0 Å².